The molecule has 2 aliphatic heterocycles. The second kappa shape index (κ2) is 4.66. The first-order valence-corrected chi connectivity index (χ1v) is 7.51. The van der Waals surface area contributed by atoms with Gasteiger partial charge in [0, 0.05) is 36.1 Å². The van der Waals surface area contributed by atoms with E-state index in [0.29, 0.717) is 0 Å². The van der Waals surface area contributed by atoms with Crippen LogP contribution in [0, 0.1) is 5.41 Å². The molecule has 0 saturated heterocycles. The molecule has 2 heteroatoms. The van der Waals surface area contributed by atoms with Crippen LogP contribution in [-0.4, -0.2) is 40.5 Å². The Morgan fingerprint density at radius 2 is 1.63 bits per heavy atom. The molecule has 2 rings (SSSR count). The summed E-state index contributed by atoms with van der Waals surface area (Å²) in [6, 6.07) is 0. The van der Waals surface area contributed by atoms with Gasteiger partial charge in [-0.15, -0.1) is 0 Å². The molecule has 2 heterocycles. The summed E-state index contributed by atoms with van der Waals surface area (Å²) in [5.74, 6) is 0. The summed E-state index contributed by atoms with van der Waals surface area (Å²) in [6.07, 6.45) is 10.8. The maximum Gasteiger partial charge on any atom is 0.0312 e. The third-order valence-corrected chi connectivity index (χ3v) is 4.48. The topological polar surface area (TPSA) is 6.48 Å². The highest BCUT2D eigenvalue weighted by atomic mass is 15.2. The summed E-state index contributed by atoms with van der Waals surface area (Å²) in [6.45, 7) is 17.2. The first kappa shape index (κ1) is 14.6. The molecule has 19 heavy (non-hydrogen) atoms. The van der Waals surface area contributed by atoms with Gasteiger partial charge >= 0.3 is 0 Å². The molecule has 2 nitrogen and oxygen atoms in total. The Morgan fingerprint density at radius 3 is 2.11 bits per heavy atom. The molecule has 2 aliphatic rings. The summed E-state index contributed by atoms with van der Waals surface area (Å²) in [5.41, 5.74) is 0.750. The summed E-state index contributed by atoms with van der Waals surface area (Å²) in [7, 11) is 0. The lowest BCUT2D eigenvalue weighted by Gasteiger charge is -2.48. The number of hydrogen-bond acceptors (Lipinski definition) is 2. The van der Waals surface area contributed by atoms with Gasteiger partial charge in [-0.05, 0) is 54.2 Å². The van der Waals surface area contributed by atoms with E-state index in [1.54, 1.807) is 0 Å². The van der Waals surface area contributed by atoms with Crippen LogP contribution >= 0.6 is 0 Å². The Hall–Kier alpha value is -0.760. The molecular formula is C17H30N2. The minimum Gasteiger partial charge on any atom is -0.373 e. The Balaban J connectivity index is 2.14. The summed E-state index contributed by atoms with van der Waals surface area (Å²) in [4.78, 5) is 5.05. The van der Waals surface area contributed by atoms with Crippen LogP contribution in [0.1, 0.15) is 48.0 Å². The second-order valence-corrected chi connectivity index (χ2v) is 8.12. The molecular weight excluding hydrogens is 232 g/mol. The first-order chi connectivity index (χ1) is 8.62. The molecule has 108 valence electrons. The maximum absolute atomic E-state index is 2.59. The highest BCUT2D eigenvalue weighted by molar-refractivity contribution is 5.20. The molecule has 1 atom stereocenters. The van der Waals surface area contributed by atoms with Crippen molar-refractivity contribution >= 4 is 0 Å². The monoisotopic (exact) mass is 262 g/mol. The van der Waals surface area contributed by atoms with Gasteiger partial charge in [0.05, 0.1) is 0 Å². The fraction of sp³-hybridized carbons (Fsp3) is 0.765. The fourth-order valence-corrected chi connectivity index (χ4v) is 2.95. The largest absolute Gasteiger partial charge is 0.373 e. The van der Waals surface area contributed by atoms with Crippen molar-refractivity contribution in [2.24, 2.45) is 5.41 Å². The molecule has 0 aromatic rings. The first-order valence-electron chi connectivity index (χ1n) is 7.51. The van der Waals surface area contributed by atoms with E-state index in [4.69, 9.17) is 0 Å². The van der Waals surface area contributed by atoms with Gasteiger partial charge in [-0.25, -0.2) is 0 Å². The second-order valence-electron chi connectivity index (χ2n) is 8.12. The highest BCUT2D eigenvalue weighted by Crippen LogP contribution is 2.37. The van der Waals surface area contributed by atoms with Crippen LogP contribution in [0.3, 0.4) is 0 Å². The van der Waals surface area contributed by atoms with Gasteiger partial charge in [-0.3, -0.25) is 4.90 Å². The average molecular weight is 262 g/mol. The molecule has 0 fully saturated rings. The molecule has 0 aromatic carbocycles. The normalized spacial score (nSPS) is 29.3. The van der Waals surface area contributed by atoms with Gasteiger partial charge in [0.25, 0.3) is 0 Å². The predicted octanol–water partition coefficient (Wildman–Crippen LogP) is 3.66. The molecule has 0 bridgehead atoms. The van der Waals surface area contributed by atoms with Crippen LogP contribution in [-0.2, 0) is 0 Å². The van der Waals surface area contributed by atoms with E-state index in [2.05, 4.69) is 75.8 Å². The van der Waals surface area contributed by atoms with Gasteiger partial charge in [0.15, 0.2) is 0 Å². The smallest absolute Gasteiger partial charge is 0.0312 e. The van der Waals surface area contributed by atoms with Crippen molar-refractivity contribution in [1.82, 2.24) is 9.80 Å². The Kier molecular flexibility index (Phi) is 3.59. The maximum atomic E-state index is 2.59. The zero-order valence-electron chi connectivity index (χ0n) is 13.5. The van der Waals surface area contributed by atoms with E-state index < -0.39 is 0 Å². The van der Waals surface area contributed by atoms with Crippen molar-refractivity contribution in [3.63, 3.8) is 0 Å². The lowest BCUT2D eigenvalue weighted by Crippen LogP contribution is -2.51. The van der Waals surface area contributed by atoms with Crippen LogP contribution in [0.4, 0.5) is 0 Å². The van der Waals surface area contributed by atoms with Gasteiger partial charge in [-0.2, -0.15) is 0 Å². The summed E-state index contributed by atoms with van der Waals surface area (Å²) >= 11 is 0. The molecule has 0 saturated carbocycles. The van der Waals surface area contributed by atoms with E-state index in [1.165, 1.54) is 6.42 Å². The lowest BCUT2D eigenvalue weighted by atomic mass is 9.78. The molecule has 0 N–H and O–H groups in total. The van der Waals surface area contributed by atoms with E-state index in [0.717, 1.165) is 19.6 Å². The van der Waals surface area contributed by atoms with Crippen molar-refractivity contribution in [1.29, 1.82) is 0 Å². The van der Waals surface area contributed by atoms with Crippen molar-refractivity contribution in [3.05, 3.63) is 24.4 Å². The molecule has 0 aliphatic carbocycles. The van der Waals surface area contributed by atoms with Gasteiger partial charge < -0.3 is 4.90 Å². The Labute approximate surface area is 119 Å². The minimum atomic E-state index is 0.236. The van der Waals surface area contributed by atoms with Crippen molar-refractivity contribution in [2.75, 3.05) is 19.6 Å². The molecule has 0 radical (unpaired) electrons. The van der Waals surface area contributed by atoms with Gasteiger partial charge in [-0.1, -0.05) is 18.2 Å². The van der Waals surface area contributed by atoms with E-state index in [-0.39, 0.29) is 16.5 Å². The molecule has 1 unspecified atom stereocenters. The van der Waals surface area contributed by atoms with Gasteiger partial charge in [0.2, 0.25) is 0 Å². The lowest BCUT2D eigenvalue weighted by molar-refractivity contribution is 0.0871. The number of nitrogens with zero attached hydrogens (tertiary/aromatic N) is 2. The Bertz CT molecular complexity index is 381. The van der Waals surface area contributed by atoms with Crippen molar-refractivity contribution < 1.29 is 0 Å². The number of hydrogen-bond donors (Lipinski definition) is 0. The van der Waals surface area contributed by atoms with Crippen LogP contribution in [0.15, 0.2) is 24.4 Å². The molecule has 0 amide bonds. The van der Waals surface area contributed by atoms with E-state index >= 15 is 0 Å². The zero-order chi connectivity index (χ0) is 14.3. The minimum absolute atomic E-state index is 0.236. The van der Waals surface area contributed by atoms with Crippen LogP contribution in [0.5, 0.6) is 0 Å². The van der Waals surface area contributed by atoms with E-state index in [9.17, 15) is 0 Å². The summed E-state index contributed by atoms with van der Waals surface area (Å²) < 4.78 is 0. The quantitative estimate of drug-likeness (QED) is 0.615. The molecule has 0 aromatic heterocycles. The number of rotatable bonds is 0. The van der Waals surface area contributed by atoms with Crippen LogP contribution < -0.4 is 0 Å². The third-order valence-electron chi connectivity index (χ3n) is 4.48. The van der Waals surface area contributed by atoms with Crippen molar-refractivity contribution in [2.45, 2.75) is 59.0 Å². The Morgan fingerprint density at radius 1 is 0.947 bits per heavy atom. The van der Waals surface area contributed by atoms with Crippen molar-refractivity contribution in [3.8, 4) is 0 Å². The zero-order valence-corrected chi connectivity index (χ0v) is 13.5. The van der Waals surface area contributed by atoms with E-state index in [1.807, 2.05) is 0 Å². The van der Waals surface area contributed by atoms with Gasteiger partial charge in [0.1, 0.15) is 0 Å². The SMILES string of the molecule is CC(C)(C)N1C=CC2(C=CCN(C(C)(C)C)C2)CC1. The average Bonchev–Trinajstić information content (AvgIpc) is 2.27. The van der Waals surface area contributed by atoms with Crippen LogP contribution in [0.2, 0.25) is 0 Å². The standard InChI is InChI=1S/C17H30N2/c1-15(2,3)18-12-9-17(10-13-18)8-7-11-19(14-17)16(4,5)6/h7-9,12H,10-11,13-14H2,1-6H3. The predicted molar refractivity (Wildman–Crippen MR) is 83.1 cm³/mol. The van der Waals surface area contributed by atoms with Crippen LogP contribution in [0.25, 0.3) is 0 Å². The highest BCUT2D eigenvalue weighted by Gasteiger charge is 2.37. The summed E-state index contributed by atoms with van der Waals surface area (Å²) in [5, 5.41) is 0. The third kappa shape index (κ3) is 3.22. The molecule has 1 spiro atoms. The fourth-order valence-electron chi connectivity index (χ4n) is 2.95.